The number of nitrogens with two attached hydrogens (primary N) is 1. The van der Waals surface area contributed by atoms with E-state index in [2.05, 4.69) is 5.32 Å². The minimum Gasteiger partial charge on any atom is -0.381 e. The predicted octanol–water partition coefficient (Wildman–Crippen LogP) is 0.267. The van der Waals surface area contributed by atoms with E-state index in [1.807, 2.05) is 13.8 Å². The van der Waals surface area contributed by atoms with Gasteiger partial charge in [-0.05, 0) is 26.7 Å². The van der Waals surface area contributed by atoms with Crippen LogP contribution in [0.2, 0.25) is 0 Å². The predicted molar refractivity (Wildman–Crippen MR) is 54.8 cm³/mol. The monoisotopic (exact) mass is 200 g/mol. The zero-order valence-electron chi connectivity index (χ0n) is 9.01. The van der Waals surface area contributed by atoms with Crippen LogP contribution in [0.25, 0.3) is 0 Å². The summed E-state index contributed by atoms with van der Waals surface area (Å²) in [5, 5.41) is 3.36. The molecule has 0 aromatic heterocycles. The van der Waals surface area contributed by atoms with Gasteiger partial charge in [0.1, 0.15) is 0 Å². The van der Waals surface area contributed by atoms with Gasteiger partial charge in [-0.2, -0.15) is 0 Å². The number of amides is 1. The van der Waals surface area contributed by atoms with Crippen molar-refractivity contribution in [1.29, 1.82) is 0 Å². The second kappa shape index (κ2) is 4.75. The van der Waals surface area contributed by atoms with Crippen molar-refractivity contribution in [3.63, 3.8) is 0 Å². The van der Waals surface area contributed by atoms with Gasteiger partial charge in [-0.3, -0.25) is 4.79 Å². The van der Waals surface area contributed by atoms with Crippen LogP contribution >= 0.6 is 0 Å². The van der Waals surface area contributed by atoms with Crippen LogP contribution in [0.1, 0.15) is 26.7 Å². The van der Waals surface area contributed by atoms with Gasteiger partial charge < -0.3 is 15.8 Å². The number of primary amides is 1. The summed E-state index contributed by atoms with van der Waals surface area (Å²) in [6.45, 7) is 6.00. The number of hydrogen-bond acceptors (Lipinski definition) is 3. The fraction of sp³-hybridized carbons (Fsp3) is 0.900. The number of carbonyl (C=O) groups is 1. The van der Waals surface area contributed by atoms with Crippen molar-refractivity contribution in [2.24, 2.45) is 11.1 Å². The van der Waals surface area contributed by atoms with Gasteiger partial charge in [0.2, 0.25) is 5.91 Å². The second-order valence-corrected chi connectivity index (χ2v) is 4.52. The molecule has 3 N–H and O–H groups in total. The highest BCUT2D eigenvalue weighted by molar-refractivity contribution is 5.80. The average molecular weight is 200 g/mol. The molecule has 1 aliphatic heterocycles. The molecule has 1 amide bonds. The van der Waals surface area contributed by atoms with Crippen LogP contribution < -0.4 is 11.1 Å². The Balaban J connectivity index is 2.28. The molecule has 4 heteroatoms. The molecule has 1 aliphatic rings. The van der Waals surface area contributed by atoms with Crippen molar-refractivity contribution < 1.29 is 9.53 Å². The minimum atomic E-state index is -0.460. The van der Waals surface area contributed by atoms with E-state index in [9.17, 15) is 4.79 Å². The third kappa shape index (κ3) is 3.27. The third-order valence-corrected chi connectivity index (χ3v) is 2.72. The second-order valence-electron chi connectivity index (χ2n) is 4.52. The summed E-state index contributed by atoms with van der Waals surface area (Å²) < 4.78 is 5.25. The van der Waals surface area contributed by atoms with Gasteiger partial charge in [0, 0.05) is 25.8 Å². The lowest BCUT2D eigenvalue weighted by Gasteiger charge is -2.28. The molecule has 0 radical (unpaired) electrons. The number of ether oxygens (including phenoxy) is 1. The summed E-state index contributed by atoms with van der Waals surface area (Å²) in [5.74, 6) is -0.253. The third-order valence-electron chi connectivity index (χ3n) is 2.72. The highest BCUT2D eigenvalue weighted by Crippen LogP contribution is 2.14. The van der Waals surface area contributed by atoms with E-state index in [1.165, 1.54) is 0 Å². The lowest BCUT2D eigenvalue weighted by molar-refractivity contribution is -0.125. The van der Waals surface area contributed by atoms with Gasteiger partial charge in [0.25, 0.3) is 0 Å². The van der Waals surface area contributed by atoms with Crippen molar-refractivity contribution in [3.8, 4) is 0 Å². The van der Waals surface area contributed by atoms with Crippen LogP contribution in [0.5, 0.6) is 0 Å². The summed E-state index contributed by atoms with van der Waals surface area (Å²) in [6.07, 6.45) is 2.05. The number of rotatable bonds is 4. The van der Waals surface area contributed by atoms with Gasteiger partial charge >= 0.3 is 0 Å². The van der Waals surface area contributed by atoms with Gasteiger partial charge in [-0.1, -0.05) is 0 Å². The maximum absolute atomic E-state index is 11.1. The topological polar surface area (TPSA) is 64.3 Å². The fourth-order valence-corrected chi connectivity index (χ4v) is 1.39. The zero-order valence-corrected chi connectivity index (χ0v) is 9.01. The number of carbonyl (C=O) groups excluding carboxylic acids is 1. The maximum Gasteiger partial charge on any atom is 0.224 e. The Kier molecular flexibility index (Phi) is 3.89. The first-order valence-electron chi connectivity index (χ1n) is 5.13. The first kappa shape index (κ1) is 11.5. The summed E-state index contributed by atoms with van der Waals surface area (Å²) in [6, 6.07) is 0.474. The molecule has 4 nitrogen and oxygen atoms in total. The Bertz CT molecular complexity index is 198. The standard InChI is InChI=1S/C10H20N2O2/c1-10(2,9(11)13)7-12-8-3-5-14-6-4-8/h8,12H,3-7H2,1-2H3,(H2,11,13). The number of nitrogens with one attached hydrogen (secondary N) is 1. The van der Waals surface area contributed by atoms with E-state index in [0.717, 1.165) is 26.1 Å². The molecule has 14 heavy (non-hydrogen) atoms. The zero-order chi connectivity index (χ0) is 10.6. The molecule has 1 heterocycles. The number of hydrogen-bond donors (Lipinski definition) is 2. The lowest BCUT2D eigenvalue weighted by atomic mass is 9.92. The smallest absolute Gasteiger partial charge is 0.224 e. The average Bonchev–Trinajstić information content (AvgIpc) is 2.16. The molecule has 1 saturated heterocycles. The first-order valence-corrected chi connectivity index (χ1v) is 5.13. The Labute approximate surface area is 85.2 Å². The van der Waals surface area contributed by atoms with Gasteiger partial charge in [-0.25, -0.2) is 0 Å². The Morgan fingerprint density at radius 2 is 2.07 bits per heavy atom. The summed E-state index contributed by atoms with van der Waals surface area (Å²) in [7, 11) is 0. The van der Waals surface area contributed by atoms with Crippen LogP contribution in [0.4, 0.5) is 0 Å². The van der Waals surface area contributed by atoms with Crippen LogP contribution in [0.3, 0.4) is 0 Å². The Morgan fingerprint density at radius 1 is 1.50 bits per heavy atom. The van der Waals surface area contributed by atoms with Crippen molar-refractivity contribution in [2.75, 3.05) is 19.8 Å². The molecule has 0 aromatic carbocycles. The highest BCUT2D eigenvalue weighted by Gasteiger charge is 2.26. The molecule has 82 valence electrons. The minimum absolute atomic E-state index is 0.253. The van der Waals surface area contributed by atoms with Crippen molar-refractivity contribution >= 4 is 5.91 Å². The summed E-state index contributed by atoms with van der Waals surface area (Å²) >= 11 is 0. The molecule has 0 spiro atoms. The normalized spacial score (nSPS) is 19.6. The molecule has 0 bridgehead atoms. The molecular formula is C10H20N2O2. The largest absolute Gasteiger partial charge is 0.381 e. The molecule has 0 aromatic rings. The Morgan fingerprint density at radius 3 is 2.57 bits per heavy atom. The van der Waals surface area contributed by atoms with Gasteiger partial charge in [-0.15, -0.1) is 0 Å². The van der Waals surface area contributed by atoms with E-state index in [0.29, 0.717) is 12.6 Å². The van der Waals surface area contributed by atoms with Crippen LogP contribution in [0, 0.1) is 5.41 Å². The summed E-state index contributed by atoms with van der Waals surface area (Å²) in [5.41, 5.74) is 4.82. The molecular weight excluding hydrogens is 180 g/mol. The highest BCUT2D eigenvalue weighted by atomic mass is 16.5. The SMILES string of the molecule is CC(C)(CNC1CCOCC1)C(N)=O. The van der Waals surface area contributed by atoms with Crippen LogP contribution in [-0.2, 0) is 9.53 Å². The van der Waals surface area contributed by atoms with E-state index in [-0.39, 0.29) is 5.91 Å². The quantitative estimate of drug-likeness (QED) is 0.684. The van der Waals surface area contributed by atoms with Crippen molar-refractivity contribution in [3.05, 3.63) is 0 Å². The van der Waals surface area contributed by atoms with Crippen molar-refractivity contribution in [1.82, 2.24) is 5.32 Å². The molecule has 0 atom stereocenters. The fourth-order valence-electron chi connectivity index (χ4n) is 1.39. The van der Waals surface area contributed by atoms with E-state index >= 15 is 0 Å². The maximum atomic E-state index is 11.1. The molecule has 0 aliphatic carbocycles. The molecule has 1 rings (SSSR count). The van der Waals surface area contributed by atoms with Crippen LogP contribution in [0.15, 0.2) is 0 Å². The summed E-state index contributed by atoms with van der Waals surface area (Å²) in [4.78, 5) is 11.1. The molecule has 0 unspecified atom stereocenters. The van der Waals surface area contributed by atoms with Crippen molar-refractivity contribution in [2.45, 2.75) is 32.7 Å². The van der Waals surface area contributed by atoms with Gasteiger partial charge in [0.05, 0.1) is 5.41 Å². The molecule has 0 saturated carbocycles. The van der Waals surface area contributed by atoms with Crippen LogP contribution in [-0.4, -0.2) is 31.7 Å². The van der Waals surface area contributed by atoms with Gasteiger partial charge in [0.15, 0.2) is 0 Å². The Hall–Kier alpha value is -0.610. The molecule has 1 fully saturated rings. The van der Waals surface area contributed by atoms with E-state index < -0.39 is 5.41 Å². The van der Waals surface area contributed by atoms with E-state index in [1.54, 1.807) is 0 Å². The lowest BCUT2D eigenvalue weighted by Crippen LogP contribution is -2.45. The van der Waals surface area contributed by atoms with E-state index in [4.69, 9.17) is 10.5 Å². The first-order chi connectivity index (χ1) is 6.52.